The van der Waals surface area contributed by atoms with Gasteiger partial charge in [0.1, 0.15) is 29.0 Å². The number of ether oxygens (including phenoxy) is 1. The average molecular weight is 476 g/mol. The molecule has 0 fully saturated rings. The Balaban J connectivity index is 1.42. The second-order valence-corrected chi connectivity index (χ2v) is 9.43. The first-order chi connectivity index (χ1) is 16.3. The number of nitrogens with zero attached hydrogens (tertiary/aromatic N) is 3. The number of nitrogens with one attached hydrogen (secondary N) is 2. The third-order valence-corrected chi connectivity index (χ3v) is 6.20. The van der Waals surface area contributed by atoms with Crippen molar-refractivity contribution >= 4 is 33.0 Å². The van der Waals surface area contributed by atoms with E-state index < -0.39 is 10.0 Å². The monoisotopic (exact) mass is 475 g/mol. The van der Waals surface area contributed by atoms with Crippen LogP contribution in [0, 0.1) is 6.92 Å². The van der Waals surface area contributed by atoms with Crippen LogP contribution in [0.25, 0.3) is 0 Å². The fourth-order valence-electron chi connectivity index (χ4n) is 3.14. The van der Waals surface area contributed by atoms with Crippen molar-refractivity contribution in [3.05, 3.63) is 90.8 Å². The van der Waals surface area contributed by atoms with E-state index in [0.29, 0.717) is 28.8 Å². The number of para-hydroxylation sites is 1. The predicted octanol–water partition coefficient (Wildman–Crippen LogP) is 5.19. The molecule has 4 aromatic rings. The largest absolute Gasteiger partial charge is 0.457 e. The van der Waals surface area contributed by atoms with Gasteiger partial charge in [-0.15, -0.1) is 0 Å². The molecule has 1 aromatic heterocycles. The quantitative estimate of drug-likeness (QED) is 0.362. The van der Waals surface area contributed by atoms with Gasteiger partial charge in [-0.3, -0.25) is 4.72 Å². The molecule has 2 N–H and O–H groups in total. The van der Waals surface area contributed by atoms with Crippen molar-refractivity contribution in [2.45, 2.75) is 11.8 Å². The maximum atomic E-state index is 12.8. The summed E-state index contributed by atoms with van der Waals surface area (Å²) in [5, 5.41) is 3.22. The Labute approximate surface area is 199 Å². The molecule has 0 aliphatic carbocycles. The molecular weight excluding hydrogens is 450 g/mol. The van der Waals surface area contributed by atoms with Gasteiger partial charge in [0.15, 0.2) is 0 Å². The lowest BCUT2D eigenvalue weighted by atomic mass is 10.3. The second kappa shape index (κ2) is 9.80. The highest BCUT2D eigenvalue weighted by Gasteiger charge is 2.14. The molecule has 8 nitrogen and oxygen atoms in total. The molecular formula is C25H25N5O3S. The highest BCUT2D eigenvalue weighted by Crippen LogP contribution is 2.25. The van der Waals surface area contributed by atoms with Crippen molar-refractivity contribution in [3.8, 4) is 11.5 Å². The summed E-state index contributed by atoms with van der Waals surface area (Å²) in [6.07, 6.45) is 0. The number of hydrogen-bond acceptors (Lipinski definition) is 7. The van der Waals surface area contributed by atoms with Crippen LogP contribution >= 0.6 is 0 Å². The number of benzene rings is 3. The first kappa shape index (κ1) is 23.1. The summed E-state index contributed by atoms with van der Waals surface area (Å²) in [7, 11) is 0.0785. The van der Waals surface area contributed by atoms with E-state index in [0.717, 1.165) is 11.5 Å². The van der Waals surface area contributed by atoms with Crippen LogP contribution in [0.15, 0.2) is 89.8 Å². The topological polar surface area (TPSA) is 96.5 Å². The van der Waals surface area contributed by atoms with Crippen LogP contribution < -0.4 is 19.7 Å². The molecule has 0 aliphatic rings. The van der Waals surface area contributed by atoms with Crippen LogP contribution in [0.5, 0.6) is 11.5 Å². The van der Waals surface area contributed by atoms with Gasteiger partial charge < -0.3 is 15.0 Å². The summed E-state index contributed by atoms with van der Waals surface area (Å²) in [5.41, 5.74) is 1.22. The van der Waals surface area contributed by atoms with Crippen LogP contribution in [0.2, 0.25) is 0 Å². The van der Waals surface area contributed by atoms with Gasteiger partial charge in [-0.05, 0) is 67.6 Å². The standard InChI is InChI=1S/C25H25N5O3S/c1-18-26-24(17-25(27-18)30(2)3)28-19-9-11-20(12-10-19)29-34(31,32)23-15-13-22(14-16-23)33-21-7-5-4-6-8-21/h4-17,29H,1-3H3,(H,26,27,28). The molecule has 3 aromatic carbocycles. The molecule has 0 aliphatic heterocycles. The fraction of sp³-hybridized carbons (Fsp3) is 0.120. The van der Waals surface area contributed by atoms with Gasteiger partial charge in [0, 0.05) is 31.5 Å². The molecule has 0 atom stereocenters. The molecule has 4 rings (SSSR count). The van der Waals surface area contributed by atoms with Crippen molar-refractivity contribution in [2.75, 3.05) is 29.0 Å². The first-order valence-electron chi connectivity index (χ1n) is 10.5. The van der Waals surface area contributed by atoms with Crippen molar-refractivity contribution in [1.82, 2.24) is 9.97 Å². The maximum absolute atomic E-state index is 12.8. The van der Waals surface area contributed by atoms with Crippen LogP contribution in [0.4, 0.5) is 23.0 Å². The van der Waals surface area contributed by atoms with Gasteiger partial charge in [-0.25, -0.2) is 18.4 Å². The summed E-state index contributed by atoms with van der Waals surface area (Å²) in [5.74, 6) is 3.33. The number of aryl methyl sites for hydroxylation is 1. The fourth-order valence-corrected chi connectivity index (χ4v) is 4.20. The summed E-state index contributed by atoms with van der Waals surface area (Å²) in [4.78, 5) is 10.8. The molecule has 0 amide bonds. The van der Waals surface area contributed by atoms with E-state index in [1.165, 1.54) is 12.1 Å². The molecule has 0 bridgehead atoms. The Morgan fingerprint density at radius 2 is 1.41 bits per heavy atom. The Morgan fingerprint density at radius 3 is 2.06 bits per heavy atom. The lowest BCUT2D eigenvalue weighted by molar-refractivity contribution is 0.482. The number of aromatic nitrogens is 2. The molecule has 0 spiro atoms. The van der Waals surface area contributed by atoms with E-state index in [4.69, 9.17) is 4.74 Å². The van der Waals surface area contributed by atoms with E-state index in [2.05, 4.69) is 20.0 Å². The SMILES string of the molecule is Cc1nc(Nc2ccc(NS(=O)(=O)c3ccc(Oc4ccccc4)cc3)cc2)cc(N(C)C)n1. The Hall–Kier alpha value is -4.11. The number of hydrogen-bond donors (Lipinski definition) is 2. The summed E-state index contributed by atoms with van der Waals surface area (Å²) < 4.78 is 33.9. The van der Waals surface area contributed by atoms with E-state index in [1.54, 1.807) is 36.4 Å². The van der Waals surface area contributed by atoms with Gasteiger partial charge >= 0.3 is 0 Å². The van der Waals surface area contributed by atoms with E-state index in [9.17, 15) is 8.42 Å². The zero-order valence-electron chi connectivity index (χ0n) is 19.1. The van der Waals surface area contributed by atoms with Gasteiger partial charge in [0.25, 0.3) is 10.0 Å². The summed E-state index contributed by atoms with van der Waals surface area (Å²) >= 11 is 0. The Bertz CT molecular complexity index is 1360. The van der Waals surface area contributed by atoms with E-state index in [-0.39, 0.29) is 4.90 Å². The highest BCUT2D eigenvalue weighted by atomic mass is 32.2. The van der Waals surface area contributed by atoms with Gasteiger partial charge in [-0.2, -0.15) is 0 Å². The zero-order chi connectivity index (χ0) is 24.1. The number of anilines is 4. The lowest BCUT2D eigenvalue weighted by Crippen LogP contribution is -2.13. The van der Waals surface area contributed by atoms with Crippen LogP contribution in [0.3, 0.4) is 0 Å². The molecule has 0 saturated carbocycles. The first-order valence-corrected chi connectivity index (χ1v) is 12.0. The highest BCUT2D eigenvalue weighted by molar-refractivity contribution is 7.92. The zero-order valence-corrected chi connectivity index (χ0v) is 19.9. The van der Waals surface area contributed by atoms with E-state index >= 15 is 0 Å². The molecule has 1 heterocycles. The Kier molecular flexibility index (Phi) is 6.65. The average Bonchev–Trinajstić information content (AvgIpc) is 2.81. The van der Waals surface area contributed by atoms with Crippen LogP contribution in [0.1, 0.15) is 5.82 Å². The summed E-state index contributed by atoms with van der Waals surface area (Å²) in [6, 6.07) is 24.3. The van der Waals surface area contributed by atoms with Crippen LogP contribution in [-0.4, -0.2) is 32.5 Å². The van der Waals surface area contributed by atoms with Crippen molar-refractivity contribution < 1.29 is 13.2 Å². The number of rotatable bonds is 8. The number of sulfonamides is 1. The Morgan fingerprint density at radius 1 is 0.794 bits per heavy atom. The molecule has 34 heavy (non-hydrogen) atoms. The maximum Gasteiger partial charge on any atom is 0.261 e. The third-order valence-electron chi connectivity index (χ3n) is 4.81. The minimum atomic E-state index is -3.75. The van der Waals surface area contributed by atoms with Gasteiger partial charge in [0.2, 0.25) is 0 Å². The summed E-state index contributed by atoms with van der Waals surface area (Å²) in [6.45, 7) is 1.83. The van der Waals surface area contributed by atoms with Gasteiger partial charge in [0.05, 0.1) is 4.90 Å². The lowest BCUT2D eigenvalue weighted by Gasteiger charge is -2.14. The molecule has 0 saturated heterocycles. The molecule has 9 heteroatoms. The normalized spacial score (nSPS) is 11.0. The van der Waals surface area contributed by atoms with Crippen LogP contribution in [-0.2, 0) is 10.0 Å². The minimum Gasteiger partial charge on any atom is -0.457 e. The molecule has 174 valence electrons. The predicted molar refractivity (Wildman–Crippen MR) is 135 cm³/mol. The second-order valence-electron chi connectivity index (χ2n) is 7.75. The smallest absolute Gasteiger partial charge is 0.261 e. The van der Waals surface area contributed by atoms with Gasteiger partial charge in [-0.1, -0.05) is 18.2 Å². The van der Waals surface area contributed by atoms with Crippen molar-refractivity contribution in [2.24, 2.45) is 0 Å². The third kappa shape index (κ3) is 5.81. The minimum absolute atomic E-state index is 0.141. The van der Waals surface area contributed by atoms with Crippen molar-refractivity contribution in [1.29, 1.82) is 0 Å². The molecule has 0 radical (unpaired) electrons. The van der Waals surface area contributed by atoms with Crippen molar-refractivity contribution in [3.63, 3.8) is 0 Å². The molecule has 0 unspecified atom stereocenters. The van der Waals surface area contributed by atoms with E-state index in [1.807, 2.05) is 62.3 Å².